The largest absolute Gasteiger partial charge is 0.493 e. The van der Waals surface area contributed by atoms with Gasteiger partial charge >= 0.3 is 0 Å². The summed E-state index contributed by atoms with van der Waals surface area (Å²) in [6.45, 7) is 6.63. The summed E-state index contributed by atoms with van der Waals surface area (Å²) in [5.74, 6) is 2.08. The molecule has 1 aromatic rings. The number of hydrogen-bond donors (Lipinski definition) is 2. The third-order valence-corrected chi connectivity index (χ3v) is 6.41. The van der Waals surface area contributed by atoms with Crippen LogP contribution in [-0.2, 0) is 21.1 Å². The summed E-state index contributed by atoms with van der Waals surface area (Å²) in [7, 11) is 0.589. The highest BCUT2D eigenvalue weighted by atomic mass is 127. The number of aliphatic imine (C=N–C) groups is 1. The smallest absolute Gasteiger partial charge is 0.191 e. The topological polar surface area (TPSA) is 92.3 Å². The Morgan fingerprint density at radius 1 is 1.20 bits per heavy atom. The fourth-order valence-corrected chi connectivity index (χ4v) is 4.31. The van der Waals surface area contributed by atoms with E-state index in [1.807, 2.05) is 13.0 Å². The predicted octanol–water partition coefficient (Wildman–Crippen LogP) is 1.42. The number of nitrogens with zero attached hydrogens (tertiary/aromatic N) is 2. The van der Waals surface area contributed by atoms with E-state index < -0.39 is 9.84 Å². The highest BCUT2D eigenvalue weighted by Crippen LogP contribution is 2.20. The molecule has 1 fully saturated rings. The molecular formula is C20H35IN4O4S. The number of sulfone groups is 1. The molecule has 172 valence electrons. The molecular weight excluding hydrogens is 519 g/mol. The van der Waals surface area contributed by atoms with E-state index in [4.69, 9.17) is 9.47 Å². The third kappa shape index (κ3) is 9.80. The molecule has 0 saturated carbocycles. The molecule has 1 aromatic carbocycles. The van der Waals surface area contributed by atoms with Crippen LogP contribution in [0.5, 0.6) is 5.75 Å². The van der Waals surface area contributed by atoms with Crippen molar-refractivity contribution in [3.05, 3.63) is 29.3 Å². The number of ether oxygens (including phenoxy) is 2. The maximum atomic E-state index is 11.5. The van der Waals surface area contributed by atoms with Gasteiger partial charge in [0, 0.05) is 65.5 Å². The highest BCUT2D eigenvalue weighted by molar-refractivity contribution is 14.0. The minimum Gasteiger partial charge on any atom is -0.493 e. The van der Waals surface area contributed by atoms with Gasteiger partial charge in [0.15, 0.2) is 15.8 Å². The second-order valence-corrected chi connectivity index (χ2v) is 9.46. The second-order valence-electron chi connectivity index (χ2n) is 7.15. The second kappa shape index (κ2) is 14.0. The van der Waals surface area contributed by atoms with Crippen molar-refractivity contribution >= 4 is 39.8 Å². The van der Waals surface area contributed by atoms with Crippen molar-refractivity contribution in [2.24, 2.45) is 4.99 Å². The van der Waals surface area contributed by atoms with Crippen molar-refractivity contribution in [1.82, 2.24) is 15.5 Å². The number of halogens is 1. The molecule has 1 heterocycles. The van der Waals surface area contributed by atoms with Gasteiger partial charge in [0.05, 0.1) is 18.1 Å². The minimum absolute atomic E-state index is 0. The Labute approximate surface area is 197 Å². The average Bonchev–Trinajstić information content (AvgIpc) is 2.70. The van der Waals surface area contributed by atoms with Crippen molar-refractivity contribution in [1.29, 1.82) is 0 Å². The van der Waals surface area contributed by atoms with Crippen LogP contribution in [0.4, 0.5) is 0 Å². The molecule has 1 aliphatic rings. The number of hydrogen-bond acceptors (Lipinski definition) is 6. The summed E-state index contributed by atoms with van der Waals surface area (Å²) < 4.78 is 34.0. The molecule has 30 heavy (non-hydrogen) atoms. The van der Waals surface area contributed by atoms with Gasteiger partial charge in [-0.15, -0.1) is 24.0 Å². The van der Waals surface area contributed by atoms with E-state index in [0.717, 1.165) is 29.8 Å². The first-order valence-corrected chi connectivity index (χ1v) is 11.8. The molecule has 1 aliphatic heterocycles. The Morgan fingerprint density at radius 2 is 1.93 bits per heavy atom. The molecule has 0 aliphatic carbocycles. The van der Waals surface area contributed by atoms with Gasteiger partial charge < -0.3 is 20.1 Å². The maximum absolute atomic E-state index is 11.5. The lowest BCUT2D eigenvalue weighted by Crippen LogP contribution is -2.45. The van der Waals surface area contributed by atoms with Gasteiger partial charge in [-0.2, -0.15) is 0 Å². The summed E-state index contributed by atoms with van der Waals surface area (Å²) in [6, 6.07) is 6.18. The zero-order chi connectivity index (χ0) is 21.1. The van der Waals surface area contributed by atoms with Crippen molar-refractivity contribution in [2.45, 2.75) is 19.9 Å². The Kier molecular flexibility index (Phi) is 12.6. The number of benzene rings is 1. The van der Waals surface area contributed by atoms with Gasteiger partial charge in [-0.25, -0.2) is 8.42 Å². The summed E-state index contributed by atoms with van der Waals surface area (Å²) in [6.07, 6.45) is 0.846. The van der Waals surface area contributed by atoms with Crippen molar-refractivity contribution in [3.63, 3.8) is 0 Å². The molecule has 0 spiro atoms. The van der Waals surface area contributed by atoms with Crippen LogP contribution < -0.4 is 15.4 Å². The number of rotatable bonds is 10. The standard InChI is InChI=1S/C20H34N4O4S.HI/c1-17-5-6-18(19(15-17)28-12-4-11-27-3)16-23-20(21-2)22-7-8-24-9-13-29(25,26)14-10-24;/h5-6,15H,4,7-14,16H2,1-3H3,(H2,21,22,23);1H. The van der Waals surface area contributed by atoms with Crippen LogP contribution in [0.15, 0.2) is 23.2 Å². The van der Waals surface area contributed by atoms with Crippen molar-refractivity contribution in [2.75, 3.05) is 65.1 Å². The van der Waals surface area contributed by atoms with Gasteiger partial charge in [0.1, 0.15) is 5.75 Å². The monoisotopic (exact) mass is 554 g/mol. The SMILES string of the molecule is CN=C(NCCN1CCS(=O)(=O)CC1)NCc1ccc(C)cc1OCCCOC.I. The molecule has 0 atom stereocenters. The maximum Gasteiger partial charge on any atom is 0.191 e. The summed E-state index contributed by atoms with van der Waals surface area (Å²) >= 11 is 0. The zero-order valence-corrected chi connectivity index (χ0v) is 21.3. The Bertz CT molecular complexity index is 760. The molecule has 0 radical (unpaired) electrons. The van der Waals surface area contributed by atoms with Gasteiger partial charge in [-0.1, -0.05) is 12.1 Å². The predicted molar refractivity (Wildman–Crippen MR) is 132 cm³/mol. The van der Waals surface area contributed by atoms with Crippen LogP contribution in [0.1, 0.15) is 17.5 Å². The van der Waals surface area contributed by atoms with Gasteiger partial charge in [0.2, 0.25) is 0 Å². The number of nitrogens with one attached hydrogen (secondary N) is 2. The highest BCUT2D eigenvalue weighted by Gasteiger charge is 2.20. The molecule has 8 nitrogen and oxygen atoms in total. The number of guanidine groups is 1. The molecule has 1 saturated heterocycles. The first-order chi connectivity index (χ1) is 13.9. The molecule has 0 amide bonds. The van der Waals surface area contributed by atoms with Crippen LogP contribution in [0.25, 0.3) is 0 Å². The molecule has 0 bridgehead atoms. The average molecular weight is 554 g/mol. The van der Waals surface area contributed by atoms with Gasteiger partial charge in [-0.3, -0.25) is 9.89 Å². The normalized spacial score (nSPS) is 16.6. The van der Waals surface area contributed by atoms with E-state index >= 15 is 0 Å². The third-order valence-electron chi connectivity index (χ3n) is 4.80. The summed E-state index contributed by atoms with van der Waals surface area (Å²) in [4.78, 5) is 6.43. The van der Waals surface area contributed by atoms with E-state index in [-0.39, 0.29) is 35.5 Å². The molecule has 0 aromatic heterocycles. The van der Waals surface area contributed by atoms with Gasteiger partial charge in [0.25, 0.3) is 0 Å². The molecule has 0 unspecified atom stereocenters. The summed E-state index contributed by atoms with van der Waals surface area (Å²) in [5.41, 5.74) is 2.22. The van der Waals surface area contributed by atoms with E-state index in [1.54, 1.807) is 14.2 Å². The lowest BCUT2D eigenvalue weighted by Gasteiger charge is -2.26. The van der Waals surface area contributed by atoms with E-state index in [0.29, 0.717) is 45.4 Å². The van der Waals surface area contributed by atoms with Crippen molar-refractivity contribution < 1.29 is 17.9 Å². The quantitative estimate of drug-likeness (QED) is 0.196. The molecule has 10 heteroatoms. The fraction of sp³-hybridized carbons (Fsp3) is 0.650. The Hall–Kier alpha value is -1.11. The number of aryl methyl sites for hydroxylation is 1. The Balaban J connectivity index is 0.00000450. The lowest BCUT2D eigenvalue weighted by atomic mass is 10.1. The van der Waals surface area contributed by atoms with Crippen LogP contribution in [0.2, 0.25) is 0 Å². The lowest BCUT2D eigenvalue weighted by molar-refractivity contribution is 0.171. The molecule has 2 rings (SSSR count). The van der Waals surface area contributed by atoms with Crippen molar-refractivity contribution in [3.8, 4) is 5.75 Å². The first kappa shape index (κ1) is 26.9. The zero-order valence-electron chi connectivity index (χ0n) is 18.1. The van der Waals surface area contributed by atoms with Crippen LogP contribution in [-0.4, -0.2) is 84.3 Å². The fourth-order valence-electron chi connectivity index (χ4n) is 3.03. The summed E-state index contributed by atoms with van der Waals surface area (Å²) in [5, 5.41) is 6.61. The number of methoxy groups -OCH3 is 1. The van der Waals surface area contributed by atoms with E-state index in [9.17, 15) is 8.42 Å². The molecule has 2 N–H and O–H groups in total. The minimum atomic E-state index is -2.84. The van der Waals surface area contributed by atoms with Crippen LogP contribution in [0.3, 0.4) is 0 Å². The van der Waals surface area contributed by atoms with E-state index in [1.165, 1.54) is 0 Å². The van der Waals surface area contributed by atoms with E-state index in [2.05, 4.69) is 32.7 Å². The first-order valence-electron chi connectivity index (χ1n) is 10.0. The van der Waals surface area contributed by atoms with Crippen LogP contribution >= 0.6 is 24.0 Å². The van der Waals surface area contributed by atoms with Crippen LogP contribution in [0, 0.1) is 6.92 Å². The van der Waals surface area contributed by atoms with Gasteiger partial charge in [-0.05, 0) is 18.6 Å². The Morgan fingerprint density at radius 3 is 2.60 bits per heavy atom.